The van der Waals surface area contributed by atoms with E-state index in [4.69, 9.17) is 14.0 Å². The Morgan fingerprint density at radius 3 is 1.86 bits per heavy atom. The van der Waals surface area contributed by atoms with Gasteiger partial charge >= 0.3 is 19.0 Å². The molecule has 18 heteroatoms. The smallest absolute Gasteiger partial charge is 0.330 e. The Kier molecular flexibility index (Phi) is 7.25. The predicted octanol–water partition coefficient (Wildman–Crippen LogP) is -2.14. The van der Waals surface area contributed by atoms with Crippen LogP contribution < -0.4 is 22.5 Å². The molecular weight excluding hydrogens is 517 g/mol. The van der Waals surface area contributed by atoms with Gasteiger partial charge in [-0.25, -0.2) is 9.59 Å². The summed E-state index contributed by atoms with van der Waals surface area (Å²) in [6.07, 6.45) is -7.60. The highest BCUT2D eigenvalue weighted by Gasteiger charge is 2.42. The molecule has 36 heavy (non-hydrogen) atoms. The molecule has 0 bridgehead atoms. The second kappa shape index (κ2) is 9.93. The second-order valence-corrected chi connectivity index (χ2v) is 10.2. The Labute approximate surface area is 198 Å². The van der Waals surface area contributed by atoms with E-state index in [1.165, 1.54) is 0 Å². The Balaban J connectivity index is 1.37. The van der Waals surface area contributed by atoms with Crippen LogP contribution in [0.5, 0.6) is 0 Å². The monoisotopic (exact) mass is 538 g/mol. The van der Waals surface area contributed by atoms with Gasteiger partial charge in [-0.1, -0.05) is 0 Å². The number of halogens is 2. The summed E-state index contributed by atoms with van der Waals surface area (Å²) in [5.41, 5.74) is -4.47. The summed E-state index contributed by atoms with van der Waals surface area (Å²) < 4.78 is 56.8. The van der Waals surface area contributed by atoms with Gasteiger partial charge < -0.3 is 29.1 Å². The summed E-state index contributed by atoms with van der Waals surface area (Å²) in [4.78, 5) is 59.8. The molecule has 0 aliphatic carbocycles. The van der Waals surface area contributed by atoms with E-state index >= 15 is 0 Å². The van der Waals surface area contributed by atoms with Crippen LogP contribution in [0.2, 0.25) is 0 Å². The molecule has 4 heterocycles. The van der Waals surface area contributed by atoms with Gasteiger partial charge in [0.05, 0.1) is 43.5 Å². The number of aromatic nitrogens is 4. The summed E-state index contributed by atoms with van der Waals surface area (Å²) in [6.45, 7) is -0.636. The molecule has 2 aliphatic rings. The third-order valence-electron chi connectivity index (χ3n) is 5.73. The molecule has 2 fully saturated rings. The molecule has 0 radical (unpaired) electrons. The fourth-order valence-electron chi connectivity index (χ4n) is 3.91. The minimum atomic E-state index is -4.49. The Morgan fingerprint density at radius 1 is 0.917 bits per heavy atom. The van der Waals surface area contributed by atoms with Crippen molar-refractivity contribution in [1.82, 2.24) is 19.1 Å². The molecule has 5 N–H and O–H groups in total. The first kappa shape index (κ1) is 26.3. The van der Waals surface area contributed by atoms with Gasteiger partial charge in [0.15, 0.2) is 0 Å². The normalized spacial score (nSPS) is 29.9. The number of ether oxygens (including phenoxy) is 2. The first-order valence-electron chi connectivity index (χ1n) is 10.5. The van der Waals surface area contributed by atoms with Crippen molar-refractivity contribution in [3.63, 3.8) is 0 Å². The first-order chi connectivity index (χ1) is 16.8. The lowest BCUT2D eigenvalue weighted by Gasteiger charge is -2.21. The maximum atomic E-state index is 13.5. The zero-order valence-electron chi connectivity index (χ0n) is 18.2. The van der Waals surface area contributed by atoms with E-state index in [9.17, 15) is 47.6 Å². The van der Waals surface area contributed by atoms with Crippen molar-refractivity contribution < 1.29 is 42.4 Å². The highest BCUT2D eigenvalue weighted by Crippen LogP contribution is 2.46. The highest BCUT2D eigenvalue weighted by atomic mass is 31.2. The van der Waals surface area contributed by atoms with Gasteiger partial charge in [-0.3, -0.25) is 33.3 Å². The largest absolute Gasteiger partial charge is 0.390 e. The molecule has 0 amide bonds. The van der Waals surface area contributed by atoms with E-state index < -0.39 is 91.4 Å². The maximum Gasteiger partial charge on any atom is 0.330 e. The van der Waals surface area contributed by atoms with Gasteiger partial charge in [0.1, 0.15) is 18.6 Å². The lowest BCUT2D eigenvalue weighted by Crippen LogP contribution is -2.34. The van der Waals surface area contributed by atoms with E-state index in [0.29, 0.717) is 21.5 Å². The minimum Gasteiger partial charge on any atom is -0.390 e. The van der Waals surface area contributed by atoms with Crippen molar-refractivity contribution >= 4 is 7.60 Å². The summed E-state index contributed by atoms with van der Waals surface area (Å²) in [5, 5.41) is 20.4. The Bertz CT molecular complexity index is 1420. The van der Waals surface area contributed by atoms with Crippen LogP contribution in [-0.2, 0) is 18.6 Å². The van der Waals surface area contributed by atoms with Gasteiger partial charge in [0.2, 0.25) is 11.6 Å². The lowest BCUT2D eigenvalue weighted by molar-refractivity contribution is -0.0442. The lowest BCUT2D eigenvalue weighted by atomic mass is 10.2. The first-order valence-corrected chi connectivity index (χ1v) is 12.3. The molecular formula is C18H21F2N4O11P. The summed E-state index contributed by atoms with van der Waals surface area (Å²) in [7, 11) is -4.49. The standard InChI is InChI=1S/C18H21F2N4O11P/c19-7-3-23(17(29)21-15(7)27)13-1-9(25)11(34-13)5-33-36(31,32)6-12-10(26)2-14(35-12)24-4-8(20)16(28)22-18(24)30/h3-4,9-14,25-26H,1-2,5-6H2,(H,31,32)(H,21,27,29)(H,22,28,30)/t9-,10-,11-,12+,13+,14+/m0/s1. The number of aromatic amines is 2. The molecule has 0 saturated carbocycles. The molecule has 7 atom stereocenters. The van der Waals surface area contributed by atoms with Crippen molar-refractivity contribution in [3.05, 3.63) is 65.7 Å². The number of nitrogens with zero attached hydrogens (tertiary/aromatic N) is 2. The number of hydrogen-bond donors (Lipinski definition) is 5. The summed E-state index contributed by atoms with van der Waals surface area (Å²) >= 11 is 0. The van der Waals surface area contributed by atoms with Crippen molar-refractivity contribution in [2.24, 2.45) is 0 Å². The van der Waals surface area contributed by atoms with Crippen LogP contribution in [0.3, 0.4) is 0 Å². The molecule has 2 aromatic heterocycles. The van der Waals surface area contributed by atoms with Gasteiger partial charge in [-0.2, -0.15) is 8.78 Å². The van der Waals surface area contributed by atoms with Crippen molar-refractivity contribution in [2.45, 2.75) is 49.7 Å². The molecule has 4 rings (SSSR count). The fourth-order valence-corrected chi connectivity index (χ4v) is 5.17. The third kappa shape index (κ3) is 5.46. The summed E-state index contributed by atoms with van der Waals surface area (Å²) in [6, 6.07) is 0. The maximum absolute atomic E-state index is 13.5. The van der Waals surface area contributed by atoms with Crippen LogP contribution in [0, 0.1) is 11.6 Å². The minimum absolute atomic E-state index is 0.217. The fraction of sp³-hybridized carbons (Fsp3) is 0.556. The van der Waals surface area contributed by atoms with Crippen LogP contribution in [-0.4, -0.2) is 71.4 Å². The highest BCUT2D eigenvalue weighted by molar-refractivity contribution is 7.52. The van der Waals surface area contributed by atoms with Crippen molar-refractivity contribution in [2.75, 3.05) is 12.8 Å². The van der Waals surface area contributed by atoms with Gasteiger partial charge in [0, 0.05) is 12.8 Å². The SMILES string of the molecule is O=c1[nH]c(=O)n([C@H]2C[C@H](O)[C@H](COP(=O)(O)C[C@H]3O[C@@H](n4cc(F)c(=O)[nH]c4=O)C[C@@H]3O)O2)cc1F. The number of H-pyrrole nitrogens is 2. The average Bonchev–Trinajstić information content (AvgIpc) is 3.33. The zero-order chi connectivity index (χ0) is 26.4. The molecule has 15 nitrogen and oxygen atoms in total. The number of hydrogen-bond acceptors (Lipinski definition) is 10. The molecule has 1 unspecified atom stereocenters. The van der Waals surface area contributed by atoms with Crippen molar-refractivity contribution in [3.8, 4) is 0 Å². The van der Waals surface area contributed by atoms with Crippen LogP contribution in [0.25, 0.3) is 0 Å². The van der Waals surface area contributed by atoms with Crippen molar-refractivity contribution in [1.29, 1.82) is 0 Å². The molecule has 2 aliphatic heterocycles. The van der Waals surface area contributed by atoms with Crippen LogP contribution in [0.1, 0.15) is 25.3 Å². The zero-order valence-corrected chi connectivity index (χ0v) is 19.0. The number of rotatable bonds is 7. The molecule has 2 aromatic rings. The number of nitrogens with one attached hydrogen (secondary N) is 2. The summed E-state index contributed by atoms with van der Waals surface area (Å²) in [5.74, 6) is -2.53. The number of aliphatic hydroxyl groups excluding tert-OH is 2. The van der Waals surface area contributed by atoms with Crippen LogP contribution in [0.4, 0.5) is 8.78 Å². The number of aliphatic hydroxyl groups is 2. The topological polar surface area (TPSA) is 215 Å². The Morgan fingerprint density at radius 2 is 1.36 bits per heavy atom. The van der Waals surface area contributed by atoms with E-state index in [2.05, 4.69) is 0 Å². The van der Waals surface area contributed by atoms with Gasteiger partial charge in [0.25, 0.3) is 11.1 Å². The predicted molar refractivity (Wildman–Crippen MR) is 112 cm³/mol. The second-order valence-electron chi connectivity index (χ2n) is 8.27. The third-order valence-corrected chi connectivity index (χ3v) is 7.10. The molecule has 2 saturated heterocycles. The van der Waals surface area contributed by atoms with E-state index in [1.54, 1.807) is 9.97 Å². The average molecular weight is 538 g/mol. The van der Waals surface area contributed by atoms with E-state index in [1.807, 2.05) is 0 Å². The van der Waals surface area contributed by atoms with E-state index in [0.717, 1.165) is 0 Å². The molecule has 198 valence electrons. The Hall–Kier alpha value is -2.79. The quantitative estimate of drug-likeness (QED) is 0.240. The van der Waals surface area contributed by atoms with Gasteiger partial charge in [-0.05, 0) is 0 Å². The van der Waals surface area contributed by atoms with Crippen LogP contribution >= 0.6 is 7.60 Å². The van der Waals surface area contributed by atoms with Gasteiger partial charge in [-0.15, -0.1) is 0 Å². The van der Waals surface area contributed by atoms with E-state index in [-0.39, 0.29) is 12.8 Å². The molecule has 0 aromatic carbocycles. The van der Waals surface area contributed by atoms with Crippen LogP contribution in [0.15, 0.2) is 31.6 Å². The molecule has 0 spiro atoms.